The van der Waals surface area contributed by atoms with Gasteiger partial charge in [0.15, 0.2) is 5.78 Å². The van der Waals surface area contributed by atoms with Crippen LogP contribution >= 0.6 is 12.0 Å². The van der Waals surface area contributed by atoms with Crippen LogP contribution in [0.4, 0.5) is 11.4 Å². The van der Waals surface area contributed by atoms with Crippen LogP contribution in [-0.2, 0) is 24.1 Å². The largest absolute Gasteiger partial charge is 0.324 e. The van der Waals surface area contributed by atoms with E-state index in [1.165, 1.54) is 37.8 Å². The first-order valence-electron chi connectivity index (χ1n) is 13.6. The fourth-order valence-corrected chi connectivity index (χ4v) is 5.95. The molecule has 43 heavy (non-hydrogen) atoms. The van der Waals surface area contributed by atoms with E-state index in [1.54, 1.807) is 31.2 Å². The van der Waals surface area contributed by atoms with Gasteiger partial charge in [-0.1, -0.05) is 26.7 Å². The summed E-state index contributed by atoms with van der Waals surface area (Å²) in [4.78, 5) is 15.7. The minimum absolute atomic E-state index is 0.140. The van der Waals surface area contributed by atoms with Crippen LogP contribution in [0.15, 0.2) is 75.1 Å². The van der Waals surface area contributed by atoms with Gasteiger partial charge in [-0.15, -0.1) is 9.32 Å². The number of hydrazone groups is 1. The van der Waals surface area contributed by atoms with Crippen LogP contribution in [0.25, 0.3) is 0 Å². The van der Waals surface area contributed by atoms with E-state index in [-0.39, 0.29) is 18.4 Å². The number of hydrazine groups is 1. The predicted molar refractivity (Wildman–Crippen MR) is 179 cm³/mol. The Morgan fingerprint density at radius 2 is 1.72 bits per heavy atom. The molecule has 2 unspecified atom stereocenters. The van der Waals surface area contributed by atoms with Gasteiger partial charge in [0.25, 0.3) is 0 Å². The van der Waals surface area contributed by atoms with E-state index in [1.807, 2.05) is 29.3 Å². The maximum Gasteiger partial charge on any atom is 0.238 e. The maximum absolute atomic E-state index is 11.3. The molecular weight excluding hydrogens is 586 g/mol. The van der Waals surface area contributed by atoms with E-state index in [2.05, 4.69) is 38.7 Å². The SMILES string of the molecule is CC(=O)C1=CCCCC1.CC1=NN(c2ccc(S(N)(=O)=O)cc2)C2CCCCC12.NNc1ccc(SOON)cc1.[B][BH3-]. The number of ketones is 1. The molecule has 0 amide bonds. The van der Waals surface area contributed by atoms with Crippen LogP contribution in [0.2, 0.25) is 0 Å². The lowest BCUT2D eigenvalue weighted by molar-refractivity contribution is -0.195. The van der Waals surface area contributed by atoms with Crippen molar-refractivity contribution in [2.24, 2.45) is 27.9 Å². The Morgan fingerprint density at radius 3 is 2.23 bits per heavy atom. The average molecular weight is 629 g/mol. The predicted octanol–water partition coefficient (Wildman–Crippen LogP) is 3.40. The summed E-state index contributed by atoms with van der Waals surface area (Å²) in [6.45, 7) is 3.73. The summed E-state index contributed by atoms with van der Waals surface area (Å²) in [6.07, 6.45) is 11.5. The Kier molecular flexibility index (Phi) is 16.1. The van der Waals surface area contributed by atoms with Crippen molar-refractivity contribution < 1.29 is 22.5 Å². The van der Waals surface area contributed by atoms with Gasteiger partial charge in [0.2, 0.25) is 10.0 Å². The highest BCUT2D eigenvalue weighted by molar-refractivity contribution is 7.94. The fraction of sp³-hybridized carbons (Fsp3) is 0.429. The zero-order chi connectivity index (χ0) is 31.8. The second-order valence-electron chi connectivity index (χ2n) is 10.0. The van der Waals surface area contributed by atoms with Crippen LogP contribution in [0, 0.1) is 5.92 Å². The van der Waals surface area contributed by atoms with E-state index < -0.39 is 10.0 Å². The second kappa shape index (κ2) is 18.9. The lowest BCUT2D eigenvalue weighted by Gasteiger charge is -2.31. The third-order valence-corrected chi connectivity index (χ3v) is 8.75. The van der Waals surface area contributed by atoms with Gasteiger partial charge in [0.05, 0.1) is 28.7 Å². The van der Waals surface area contributed by atoms with Crippen molar-refractivity contribution in [3.8, 4) is 0 Å². The van der Waals surface area contributed by atoms with Gasteiger partial charge in [0.1, 0.15) is 0 Å². The number of nitrogen functional groups attached to an aromatic ring is 1. The molecule has 15 heteroatoms. The molecule has 2 aromatic carbocycles. The number of anilines is 2. The normalized spacial score (nSPS) is 19.1. The topological polar surface area (TPSA) is 175 Å². The zero-order valence-electron chi connectivity index (χ0n) is 24.1. The van der Waals surface area contributed by atoms with Crippen molar-refractivity contribution in [2.75, 3.05) is 10.4 Å². The van der Waals surface area contributed by atoms with E-state index in [0.717, 1.165) is 53.1 Å². The molecule has 0 bridgehead atoms. The molecule has 1 fully saturated rings. The lowest BCUT2D eigenvalue weighted by Crippen LogP contribution is -2.35. The van der Waals surface area contributed by atoms with Crippen molar-refractivity contribution in [2.45, 2.75) is 81.0 Å². The van der Waals surface area contributed by atoms with Crippen LogP contribution in [0.3, 0.4) is 0 Å². The third kappa shape index (κ3) is 11.8. The summed E-state index contributed by atoms with van der Waals surface area (Å²) in [5.41, 5.74) is 6.50. The average Bonchev–Trinajstić information content (AvgIpc) is 3.38. The second-order valence-corrected chi connectivity index (χ2v) is 12.4. The lowest BCUT2D eigenvalue weighted by atomic mass is 9.81. The molecule has 0 spiro atoms. The van der Waals surface area contributed by atoms with Crippen molar-refractivity contribution >= 4 is 60.4 Å². The van der Waals surface area contributed by atoms with Gasteiger partial charge in [-0.3, -0.25) is 15.6 Å². The highest BCUT2D eigenvalue weighted by Gasteiger charge is 2.37. The van der Waals surface area contributed by atoms with E-state index in [9.17, 15) is 13.2 Å². The Labute approximate surface area is 261 Å². The number of hydrogen-bond acceptors (Lipinski definition) is 11. The van der Waals surface area contributed by atoms with E-state index in [4.69, 9.17) is 18.7 Å². The number of Topliss-reactive ketones (excluding diaryl/α,β-unsaturated/α-hetero) is 1. The molecule has 7 N–H and O–H groups in total. The van der Waals surface area contributed by atoms with Crippen molar-refractivity contribution in [3.63, 3.8) is 0 Å². The summed E-state index contributed by atoms with van der Waals surface area (Å²) in [7, 11) is 1.37. The summed E-state index contributed by atoms with van der Waals surface area (Å²) in [6, 6.07) is 14.3. The molecule has 0 aromatic heterocycles. The minimum Gasteiger partial charge on any atom is -0.324 e. The standard InChI is InChI=1S/C14H19N3O2S.C8H12O.C6H9N3O2S.B2H3/c1-10-13-4-2-3-5-14(13)17(16-10)11-6-8-12(9-7-11)20(15,18)19;1-7(9)8-5-3-2-4-6-8;7-9-5-1-3-6(4-2-5)12-11-10-8;1-2/h6-9,13-14H,2-5H2,1H3,(H2,15,18,19);5H,2-4,6H2,1H3;1-4,9H,7-8H2;1H3/q;;;-1. The number of allylic oxidation sites excluding steroid dienone is 2. The van der Waals surface area contributed by atoms with Gasteiger partial charge in [0, 0.05) is 22.2 Å². The van der Waals surface area contributed by atoms with Crippen LogP contribution in [-0.4, -0.2) is 41.4 Å². The maximum atomic E-state index is 11.3. The molecule has 1 saturated carbocycles. The molecule has 1 aliphatic heterocycles. The Hall–Kier alpha value is -2.65. The van der Waals surface area contributed by atoms with Crippen molar-refractivity contribution in [3.05, 3.63) is 60.2 Å². The van der Waals surface area contributed by atoms with Crippen LogP contribution in [0.1, 0.15) is 65.2 Å². The van der Waals surface area contributed by atoms with Crippen molar-refractivity contribution in [1.82, 2.24) is 0 Å². The molecule has 5 rings (SSSR count). The highest BCUT2D eigenvalue weighted by atomic mass is 32.2. The van der Waals surface area contributed by atoms with Gasteiger partial charge >= 0.3 is 0 Å². The number of nitrogens with one attached hydrogen (secondary N) is 1. The number of hydrogen-bond donors (Lipinski definition) is 4. The number of carbonyl (C=O) groups is 1. The summed E-state index contributed by atoms with van der Waals surface area (Å²) in [5, 5.41) is 11.8. The first-order valence-corrected chi connectivity index (χ1v) is 15.9. The Balaban J connectivity index is 0.000000239. The van der Waals surface area contributed by atoms with Gasteiger partial charge in [-0.05, 0) is 106 Å². The zero-order valence-corrected chi connectivity index (χ0v) is 25.7. The quantitative estimate of drug-likeness (QED) is 0.117. The number of benzene rings is 2. The van der Waals surface area contributed by atoms with Crippen LogP contribution < -0.4 is 27.3 Å². The summed E-state index contributed by atoms with van der Waals surface area (Å²) in [5.74, 6) is 10.6. The monoisotopic (exact) mass is 629 g/mol. The molecular formula is C28H43B2N6O5S2-. The Morgan fingerprint density at radius 1 is 1.07 bits per heavy atom. The van der Waals surface area contributed by atoms with Crippen LogP contribution in [0.5, 0.6) is 0 Å². The van der Waals surface area contributed by atoms with E-state index in [0.29, 0.717) is 12.0 Å². The third-order valence-electron chi connectivity index (χ3n) is 7.21. The molecule has 0 saturated heterocycles. The molecule has 3 aliphatic rings. The number of sulfonamides is 1. The number of fused-ring (bicyclic) bond motifs is 1. The first-order chi connectivity index (χ1) is 20.6. The minimum atomic E-state index is -3.63. The van der Waals surface area contributed by atoms with E-state index >= 15 is 0 Å². The molecule has 2 aromatic rings. The number of rotatable bonds is 7. The molecule has 2 aliphatic carbocycles. The van der Waals surface area contributed by atoms with Gasteiger partial charge < -0.3 is 5.43 Å². The smallest absolute Gasteiger partial charge is 0.238 e. The first kappa shape index (κ1) is 36.5. The summed E-state index contributed by atoms with van der Waals surface area (Å²) < 4.78 is 27.0. The fourth-order valence-electron chi connectivity index (χ4n) is 5.07. The van der Waals surface area contributed by atoms with Gasteiger partial charge in [-0.25, -0.2) is 13.6 Å². The highest BCUT2D eigenvalue weighted by Crippen LogP contribution is 2.37. The number of nitrogens with zero attached hydrogens (tertiary/aromatic N) is 2. The number of carbonyl (C=O) groups excluding carboxylic acids is 1. The number of primary sulfonamides is 1. The number of nitrogens with two attached hydrogens (primary N) is 3. The molecule has 1 heterocycles. The molecule has 2 atom stereocenters. The molecule has 2 radical (unpaired) electrons. The van der Waals surface area contributed by atoms with Crippen molar-refractivity contribution in [1.29, 1.82) is 0 Å². The van der Waals surface area contributed by atoms with Gasteiger partial charge in [-0.2, -0.15) is 18.7 Å². The molecule has 11 nitrogen and oxygen atoms in total. The molecule has 234 valence electrons. The Bertz CT molecular complexity index is 1310. The summed E-state index contributed by atoms with van der Waals surface area (Å²) >= 11 is 1.02.